The first kappa shape index (κ1) is 12.7. The molecule has 0 aliphatic carbocycles. The molecule has 0 saturated heterocycles. The van der Waals surface area contributed by atoms with Crippen LogP contribution in [-0.2, 0) is 6.42 Å². The summed E-state index contributed by atoms with van der Waals surface area (Å²) in [6, 6.07) is 6.34. The van der Waals surface area contributed by atoms with Crippen molar-refractivity contribution in [1.29, 1.82) is 0 Å². The second-order valence-electron chi connectivity index (χ2n) is 4.56. The minimum absolute atomic E-state index is 0.154. The summed E-state index contributed by atoms with van der Waals surface area (Å²) in [5.41, 5.74) is 5.45. The zero-order chi connectivity index (χ0) is 13.9. The van der Waals surface area contributed by atoms with Gasteiger partial charge in [0.25, 0.3) is 0 Å². The van der Waals surface area contributed by atoms with E-state index in [9.17, 15) is 4.39 Å². The molecule has 1 aromatic carbocycles. The summed E-state index contributed by atoms with van der Waals surface area (Å²) >= 11 is 0. The van der Waals surface area contributed by atoms with E-state index < -0.39 is 0 Å². The van der Waals surface area contributed by atoms with Crippen LogP contribution in [-0.4, -0.2) is 14.6 Å². The van der Waals surface area contributed by atoms with Crippen LogP contribution in [0.5, 0.6) is 0 Å². The maximum absolute atomic E-state index is 13.2. The van der Waals surface area contributed by atoms with Gasteiger partial charge in [0.2, 0.25) is 0 Å². The Morgan fingerprint density at radius 3 is 3.05 bits per heavy atom. The van der Waals surface area contributed by atoms with Gasteiger partial charge >= 0.3 is 0 Å². The van der Waals surface area contributed by atoms with E-state index in [4.69, 9.17) is 5.84 Å². The molecule has 0 saturated carbocycles. The van der Waals surface area contributed by atoms with Crippen molar-refractivity contribution in [2.45, 2.75) is 12.5 Å². The molecular formula is C14H14FN5. The summed E-state index contributed by atoms with van der Waals surface area (Å²) in [7, 11) is 0. The van der Waals surface area contributed by atoms with Crippen LogP contribution < -0.4 is 11.3 Å². The molecule has 2 aromatic heterocycles. The van der Waals surface area contributed by atoms with Crippen molar-refractivity contribution in [2.75, 3.05) is 0 Å². The van der Waals surface area contributed by atoms with Crippen LogP contribution in [0, 0.1) is 5.82 Å². The van der Waals surface area contributed by atoms with Gasteiger partial charge in [0, 0.05) is 18.0 Å². The smallest absolute Gasteiger partial charge is 0.123 e. The zero-order valence-corrected chi connectivity index (χ0v) is 10.7. The van der Waals surface area contributed by atoms with Crippen molar-refractivity contribution < 1.29 is 4.39 Å². The van der Waals surface area contributed by atoms with Crippen molar-refractivity contribution in [2.24, 2.45) is 5.84 Å². The minimum Gasteiger partial charge on any atom is -0.271 e. The largest absolute Gasteiger partial charge is 0.271 e. The molecule has 3 rings (SSSR count). The van der Waals surface area contributed by atoms with E-state index in [1.165, 1.54) is 12.1 Å². The minimum atomic E-state index is -0.250. The summed E-state index contributed by atoms with van der Waals surface area (Å²) in [5, 5.41) is 4.25. The Hall–Kier alpha value is -2.31. The third kappa shape index (κ3) is 2.38. The van der Waals surface area contributed by atoms with Gasteiger partial charge < -0.3 is 0 Å². The van der Waals surface area contributed by atoms with Crippen LogP contribution in [0.2, 0.25) is 0 Å². The van der Waals surface area contributed by atoms with E-state index >= 15 is 0 Å². The second-order valence-corrected chi connectivity index (χ2v) is 4.56. The molecule has 6 heteroatoms. The highest BCUT2D eigenvalue weighted by molar-refractivity contribution is 5.53. The fraction of sp³-hybridized carbons (Fsp3) is 0.143. The first-order chi connectivity index (χ1) is 9.78. The van der Waals surface area contributed by atoms with Crippen LogP contribution in [0.15, 0.2) is 49.1 Å². The Kier molecular flexibility index (Phi) is 3.41. The number of fused-ring (bicyclic) bond motifs is 1. The number of nitrogens with one attached hydrogen (secondary N) is 1. The van der Waals surface area contributed by atoms with Crippen molar-refractivity contribution in [3.05, 3.63) is 66.0 Å². The van der Waals surface area contributed by atoms with Gasteiger partial charge in [0.05, 0.1) is 24.0 Å². The van der Waals surface area contributed by atoms with Gasteiger partial charge in [-0.2, -0.15) is 5.10 Å². The Bertz CT molecular complexity index is 724. The monoisotopic (exact) mass is 271 g/mol. The van der Waals surface area contributed by atoms with Crippen molar-refractivity contribution in [3.8, 4) is 0 Å². The molecule has 0 aliphatic rings. The fourth-order valence-corrected chi connectivity index (χ4v) is 2.28. The first-order valence-corrected chi connectivity index (χ1v) is 6.26. The van der Waals surface area contributed by atoms with Crippen molar-refractivity contribution >= 4 is 5.52 Å². The third-order valence-electron chi connectivity index (χ3n) is 3.26. The van der Waals surface area contributed by atoms with Gasteiger partial charge in [0.15, 0.2) is 0 Å². The van der Waals surface area contributed by atoms with Crippen LogP contribution in [0.1, 0.15) is 17.2 Å². The van der Waals surface area contributed by atoms with Crippen LogP contribution in [0.3, 0.4) is 0 Å². The third-order valence-corrected chi connectivity index (χ3v) is 3.26. The maximum Gasteiger partial charge on any atom is 0.123 e. The molecule has 3 aromatic rings. The maximum atomic E-state index is 13.2. The van der Waals surface area contributed by atoms with Gasteiger partial charge in [0.1, 0.15) is 5.82 Å². The van der Waals surface area contributed by atoms with Crippen molar-refractivity contribution in [1.82, 2.24) is 20.0 Å². The summed E-state index contributed by atoms with van der Waals surface area (Å²) in [5.74, 6) is 5.39. The molecule has 0 spiro atoms. The molecule has 3 N–H and O–H groups in total. The first-order valence-electron chi connectivity index (χ1n) is 6.26. The number of aromatic nitrogens is 3. The molecule has 0 amide bonds. The molecule has 2 heterocycles. The summed E-state index contributed by atoms with van der Waals surface area (Å²) in [6.45, 7) is 0. The standard InChI is InChI=1S/C14H14FN5/c15-11-3-1-2-10(6-11)7-13(19-16)12-8-18-20-5-4-17-9-14(12)20/h1-6,8-9,13,19H,7,16H2. The number of hydrogen-bond donors (Lipinski definition) is 2. The summed E-state index contributed by atoms with van der Waals surface area (Å²) in [6.07, 6.45) is 7.50. The highest BCUT2D eigenvalue weighted by atomic mass is 19.1. The van der Waals surface area contributed by atoms with E-state index in [1.807, 2.05) is 6.07 Å². The van der Waals surface area contributed by atoms with Gasteiger partial charge in [-0.1, -0.05) is 12.1 Å². The molecular weight excluding hydrogens is 257 g/mol. The Balaban J connectivity index is 1.93. The zero-order valence-electron chi connectivity index (χ0n) is 10.7. The number of nitrogens with two attached hydrogens (primary N) is 1. The number of hydrogen-bond acceptors (Lipinski definition) is 4. The predicted molar refractivity (Wildman–Crippen MR) is 73.2 cm³/mol. The number of nitrogens with zero attached hydrogens (tertiary/aromatic N) is 3. The predicted octanol–water partition coefficient (Wildman–Crippen LogP) is 1.62. The fourth-order valence-electron chi connectivity index (χ4n) is 2.28. The second kappa shape index (κ2) is 5.36. The average molecular weight is 271 g/mol. The van der Waals surface area contributed by atoms with Gasteiger partial charge in [-0.25, -0.2) is 8.91 Å². The molecule has 0 fully saturated rings. The highest BCUT2D eigenvalue weighted by Crippen LogP contribution is 2.22. The van der Waals surface area contributed by atoms with E-state index in [0.717, 1.165) is 16.6 Å². The quantitative estimate of drug-likeness (QED) is 0.559. The lowest BCUT2D eigenvalue weighted by atomic mass is 10.0. The van der Waals surface area contributed by atoms with Gasteiger partial charge in [-0.3, -0.25) is 16.3 Å². The molecule has 1 atom stereocenters. The van der Waals surface area contributed by atoms with Crippen LogP contribution in [0.4, 0.5) is 4.39 Å². The lowest BCUT2D eigenvalue weighted by molar-refractivity contribution is 0.551. The lowest BCUT2D eigenvalue weighted by Crippen LogP contribution is -2.29. The number of benzene rings is 1. The van der Waals surface area contributed by atoms with E-state index in [2.05, 4.69) is 15.5 Å². The molecule has 0 radical (unpaired) electrons. The van der Waals surface area contributed by atoms with E-state index in [-0.39, 0.29) is 11.9 Å². The molecule has 102 valence electrons. The lowest BCUT2D eigenvalue weighted by Gasteiger charge is -2.15. The highest BCUT2D eigenvalue weighted by Gasteiger charge is 2.16. The molecule has 0 bridgehead atoms. The van der Waals surface area contributed by atoms with E-state index in [1.54, 1.807) is 35.4 Å². The van der Waals surface area contributed by atoms with Crippen LogP contribution in [0.25, 0.3) is 5.52 Å². The van der Waals surface area contributed by atoms with Gasteiger partial charge in [-0.15, -0.1) is 0 Å². The summed E-state index contributed by atoms with van der Waals surface area (Å²) < 4.78 is 15.0. The number of halogens is 1. The Labute approximate surface area is 115 Å². The average Bonchev–Trinajstić information content (AvgIpc) is 2.89. The number of hydrazine groups is 1. The molecule has 0 aliphatic heterocycles. The SMILES string of the molecule is NNC(Cc1cccc(F)c1)c1cnn2ccncc12. The van der Waals surface area contributed by atoms with Gasteiger partial charge in [-0.05, 0) is 24.1 Å². The number of rotatable bonds is 4. The Morgan fingerprint density at radius 1 is 1.35 bits per heavy atom. The summed E-state index contributed by atoms with van der Waals surface area (Å²) in [4.78, 5) is 4.09. The van der Waals surface area contributed by atoms with Crippen molar-refractivity contribution in [3.63, 3.8) is 0 Å². The van der Waals surface area contributed by atoms with Crippen LogP contribution >= 0.6 is 0 Å². The normalized spacial score (nSPS) is 12.7. The molecule has 5 nitrogen and oxygen atoms in total. The molecule has 20 heavy (non-hydrogen) atoms. The topological polar surface area (TPSA) is 68.2 Å². The Morgan fingerprint density at radius 2 is 2.25 bits per heavy atom. The van der Waals surface area contributed by atoms with E-state index in [0.29, 0.717) is 6.42 Å². The molecule has 1 unspecified atom stereocenters.